The third-order valence-electron chi connectivity index (χ3n) is 1.76. The van der Waals surface area contributed by atoms with Gasteiger partial charge in [0.25, 0.3) is 0 Å². The van der Waals surface area contributed by atoms with Crippen molar-refractivity contribution in [1.29, 1.82) is 0 Å². The SMILES string of the molecule is CCCc1ccc(Cl)c(C)c1. The molecular weight excluding hydrogens is 156 g/mol. The third-order valence-corrected chi connectivity index (χ3v) is 2.19. The second kappa shape index (κ2) is 3.77. The van der Waals surface area contributed by atoms with E-state index in [0.29, 0.717) is 0 Å². The molecule has 0 amide bonds. The molecule has 0 aliphatic rings. The molecule has 0 spiro atoms. The Morgan fingerprint density at radius 3 is 2.64 bits per heavy atom. The van der Waals surface area contributed by atoms with Gasteiger partial charge >= 0.3 is 0 Å². The minimum absolute atomic E-state index is 0.866. The first kappa shape index (κ1) is 8.61. The van der Waals surface area contributed by atoms with Crippen LogP contribution in [-0.2, 0) is 6.42 Å². The number of aryl methyl sites for hydroxylation is 2. The lowest BCUT2D eigenvalue weighted by Gasteiger charge is -2.01. The van der Waals surface area contributed by atoms with Gasteiger partial charge in [0.05, 0.1) is 0 Å². The van der Waals surface area contributed by atoms with Crippen LogP contribution in [0, 0.1) is 6.92 Å². The largest absolute Gasteiger partial charge is 0.0841 e. The van der Waals surface area contributed by atoms with Crippen molar-refractivity contribution in [2.75, 3.05) is 0 Å². The van der Waals surface area contributed by atoms with Crippen LogP contribution in [0.15, 0.2) is 18.2 Å². The molecule has 1 aromatic rings. The highest BCUT2D eigenvalue weighted by atomic mass is 35.5. The van der Waals surface area contributed by atoms with E-state index < -0.39 is 0 Å². The first-order valence-corrected chi connectivity index (χ1v) is 4.37. The van der Waals surface area contributed by atoms with E-state index in [1.54, 1.807) is 0 Å². The monoisotopic (exact) mass is 168 g/mol. The Kier molecular flexibility index (Phi) is 2.95. The summed E-state index contributed by atoms with van der Waals surface area (Å²) in [5.74, 6) is 0. The highest BCUT2D eigenvalue weighted by molar-refractivity contribution is 6.31. The molecule has 0 fully saturated rings. The molecule has 1 aromatic carbocycles. The summed E-state index contributed by atoms with van der Waals surface area (Å²) in [6.45, 7) is 4.23. The molecule has 60 valence electrons. The fraction of sp³-hybridized carbons (Fsp3) is 0.400. The Hall–Kier alpha value is -0.490. The Balaban J connectivity index is 2.86. The lowest BCUT2D eigenvalue weighted by Crippen LogP contribution is -1.84. The maximum atomic E-state index is 5.88. The van der Waals surface area contributed by atoms with Gasteiger partial charge in [-0.2, -0.15) is 0 Å². The van der Waals surface area contributed by atoms with E-state index in [0.717, 1.165) is 11.4 Å². The molecule has 0 saturated carbocycles. The molecule has 0 aliphatic carbocycles. The summed E-state index contributed by atoms with van der Waals surface area (Å²) >= 11 is 5.88. The van der Waals surface area contributed by atoms with Crippen molar-refractivity contribution in [3.63, 3.8) is 0 Å². The molecule has 0 bridgehead atoms. The Labute approximate surface area is 73.2 Å². The molecule has 11 heavy (non-hydrogen) atoms. The normalized spacial score (nSPS) is 10.1. The van der Waals surface area contributed by atoms with E-state index in [4.69, 9.17) is 11.6 Å². The fourth-order valence-corrected chi connectivity index (χ4v) is 1.27. The molecular formula is C10H13Cl. The number of rotatable bonds is 2. The van der Waals surface area contributed by atoms with E-state index in [-0.39, 0.29) is 0 Å². The number of halogens is 1. The van der Waals surface area contributed by atoms with Gasteiger partial charge in [0.1, 0.15) is 0 Å². The van der Waals surface area contributed by atoms with Crippen molar-refractivity contribution in [2.24, 2.45) is 0 Å². The molecule has 0 aliphatic heterocycles. The van der Waals surface area contributed by atoms with Crippen LogP contribution in [0.2, 0.25) is 5.02 Å². The van der Waals surface area contributed by atoms with Gasteiger partial charge in [-0.15, -0.1) is 0 Å². The molecule has 0 atom stereocenters. The van der Waals surface area contributed by atoms with Crippen LogP contribution in [0.5, 0.6) is 0 Å². The zero-order valence-corrected chi connectivity index (χ0v) is 7.78. The third kappa shape index (κ3) is 2.23. The predicted octanol–water partition coefficient (Wildman–Crippen LogP) is 3.60. The lowest BCUT2D eigenvalue weighted by molar-refractivity contribution is 0.920. The van der Waals surface area contributed by atoms with Crippen LogP contribution in [-0.4, -0.2) is 0 Å². The molecule has 0 heterocycles. The summed E-state index contributed by atoms with van der Waals surface area (Å²) < 4.78 is 0. The lowest BCUT2D eigenvalue weighted by atomic mass is 10.1. The Bertz CT molecular complexity index is 241. The zero-order valence-electron chi connectivity index (χ0n) is 7.02. The fourth-order valence-electron chi connectivity index (χ4n) is 1.15. The summed E-state index contributed by atoms with van der Waals surface area (Å²) in [7, 11) is 0. The highest BCUT2D eigenvalue weighted by Gasteiger charge is 1.95. The van der Waals surface area contributed by atoms with Crippen LogP contribution >= 0.6 is 11.6 Å². The quantitative estimate of drug-likeness (QED) is 0.633. The highest BCUT2D eigenvalue weighted by Crippen LogP contribution is 2.16. The Morgan fingerprint density at radius 2 is 2.09 bits per heavy atom. The van der Waals surface area contributed by atoms with Crippen molar-refractivity contribution in [2.45, 2.75) is 26.7 Å². The maximum absolute atomic E-state index is 5.88. The average molecular weight is 169 g/mol. The summed E-state index contributed by atoms with van der Waals surface area (Å²) in [5, 5.41) is 0.866. The van der Waals surface area contributed by atoms with Gasteiger partial charge in [-0.25, -0.2) is 0 Å². The maximum Gasteiger partial charge on any atom is 0.0435 e. The van der Waals surface area contributed by atoms with Gasteiger partial charge < -0.3 is 0 Å². The number of benzene rings is 1. The van der Waals surface area contributed by atoms with Gasteiger partial charge in [0.15, 0.2) is 0 Å². The van der Waals surface area contributed by atoms with Crippen LogP contribution in [0.1, 0.15) is 24.5 Å². The summed E-state index contributed by atoms with van der Waals surface area (Å²) in [6, 6.07) is 6.23. The van der Waals surface area contributed by atoms with E-state index >= 15 is 0 Å². The van der Waals surface area contributed by atoms with Crippen LogP contribution in [0.25, 0.3) is 0 Å². The van der Waals surface area contributed by atoms with Crippen LogP contribution in [0.4, 0.5) is 0 Å². The minimum atomic E-state index is 0.866. The standard InChI is InChI=1S/C10H13Cl/c1-3-4-9-5-6-10(11)8(2)7-9/h5-7H,3-4H2,1-2H3. The topological polar surface area (TPSA) is 0 Å². The minimum Gasteiger partial charge on any atom is -0.0841 e. The van der Waals surface area contributed by atoms with Crippen molar-refractivity contribution >= 4 is 11.6 Å². The van der Waals surface area contributed by atoms with Gasteiger partial charge in [0, 0.05) is 5.02 Å². The van der Waals surface area contributed by atoms with E-state index in [2.05, 4.69) is 19.1 Å². The smallest absolute Gasteiger partial charge is 0.0435 e. The Morgan fingerprint density at radius 1 is 1.36 bits per heavy atom. The molecule has 0 saturated heterocycles. The van der Waals surface area contributed by atoms with Crippen molar-refractivity contribution in [3.05, 3.63) is 34.3 Å². The van der Waals surface area contributed by atoms with E-state index in [1.165, 1.54) is 17.5 Å². The van der Waals surface area contributed by atoms with Crippen molar-refractivity contribution < 1.29 is 0 Å². The zero-order chi connectivity index (χ0) is 8.27. The predicted molar refractivity (Wildman–Crippen MR) is 50.2 cm³/mol. The van der Waals surface area contributed by atoms with Gasteiger partial charge in [0.2, 0.25) is 0 Å². The van der Waals surface area contributed by atoms with Crippen LogP contribution < -0.4 is 0 Å². The number of hydrogen-bond donors (Lipinski definition) is 0. The van der Waals surface area contributed by atoms with Crippen molar-refractivity contribution in [3.8, 4) is 0 Å². The van der Waals surface area contributed by atoms with E-state index in [9.17, 15) is 0 Å². The average Bonchev–Trinajstić information content (AvgIpc) is 1.98. The molecule has 1 heteroatoms. The molecule has 1 rings (SSSR count). The van der Waals surface area contributed by atoms with Crippen molar-refractivity contribution in [1.82, 2.24) is 0 Å². The summed E-state index contributed by atoms with van der Waals surface area (Å²) in [5.41, 5.74) is 2.56. The van der Waals surface area contributed by atoms with Gasteiger partial charge in [-0.1, -0.05) is 37.1 Å². The van der Waals surface area contributed by atoms with Gasteiger partial charge in [-0.05, 0) is 30.5 Å². The van der Waals surface area contributed by atoms with Gasteiger partial charge in [-0.3, -0.25) is 0 Å². The number of hydrogen-bond acceptors (Lipinski definition) is 0. The first-order valence-electron chi connectivity index (χ1n) is 3.99. The van der Waals surface area contributed by atoms with Crippen LogP contribution in [0.3, 0.4) is 0 Å². The van der Waals surface area contributed by atoms with E-state index in [1.807, 2.05) is 13.0 Å². The molecule has 0 nitrogen and oxygen atoms in total. The summed E-state index contributed by atoms with van der Waals surface area (Å²) in [4.78, 5) is 0. The summed E-state index contributed by atoms with van der Waals surface area (Å²) in [6.07, 6.45) is 2.35. The second-order valence-corrected chi connectivity index (χ2v) is 3.24. The second-order valence-electron chi connectivity index (χ2n) is 2.83. The molecule has 0 radical (unpaired) electrons. The molecule has 0 N–H and O–H groups in total. The molecule has 0 unspecified atom stereocenters. The molecule has 0 aromatic heterocycles. The first-order chi connectivity index (χ1) is 5.24.